The Hall–Kier alpha value is -3.71. The van der Waals surface area contributed by atoms with E-state index in [-0.39, 0.29) is 42.4 Å². The number of hydrogen-bond donors (Lipinski definition) is 5. The molecule has 3 saturated carbocycles. The number of ketones is 1. The van der Waals surface area contributed by atoms with Gasteiger partial charge >= 0.3 is 6.09 Å². The highest BCUT2D eigenvalue weighted by atomic mass is 16.6. The van der Waals surface area contributed by atoms with Crippen LogP contribution in [-0.4, -0.2) is 94.7 Å². The number of nitrogens with zero attached hydrogens (tertiary/aromatic N) is 1. The molecule has 1 aliphatic heterocycles. The van der Waals surface area contributed by atoms with Crippen LogP contribution in [0.3, 0.4) is 0 Å². The minimum Gasteiger partial charge on any atom is -0.447 e. The second-order valence-corrected chi connectivity index (χ2v) is 17.1. The first kappa shape index (κ1) is 42.0. The second kappa shape index (κ2) is 18.6. The summed E-state index contributed by atoms with van der Waals surface area (Å²) in [6.07, 6.45) is 9.57. The fourth-order valence-corrected chi connectivity index (χ4v) is 8.14. The molecule has 7 atom stereocenters. The normalized spacial score (nSPS) is 24.2. The second-order valence-electron chi connectivity index (χ2n) is 17.1. The van der Waals surface area contributed by atoms with Crippen molar-refractivity contribution in [2.75, 3.05) is 0 Å². The molecule has 53 heavy (non-hydrogen) atoms. The molecule has 14 heteroatoms. The number of ether oxygens (including phenoxy) is 1. The Morgan fingerprint density at radius 3 is 2.02 bits per heavy atom. The number of rotatable bonds is 15. The molecule has 0 aromatic carbocycles. The summed E-state index contributed by atoms with van der Waals surface area (Å²) < 4.78 is 5.12. The van der Waals surface area contributed by atoms with Gasteiger partial charge in [-0.05, 0) is 89.4 Å². The van der Waals surface area contributed by atoms with Gasteiger partial charge in [0.25, 0.3) is 5.91 Å². The first-order valence-corrected chi connectivity index (χ1v) is 20.1. The fourth-order valence-electron chi connectivity index (χ4n) is 8.14. The molecular weight excluding hydrogens is 680 g/mol. The van der Waals surface area contributed by atoms with E-state index in [9.17, 15) is 33.6 Å². The number of carbonyl (C=O) groups excluding carboxylic acids is 7. The van der Waals surface area contributed by atoms with E-state index in [0.29, 0.717) is 12.8 Å². The maximum absolute atomic E-state index is 14.9. The Kier molecular flexibility index (Phi) is 14.7. The first-order valence-electron chi connectivity index (χ1n) is 20.1. The number of carbonyl (C=O) groups is 7. The molecule has 0 radical (unpaired) electrons. The lowest BCUT2D eigenvalue weighted by atomic mass is 9.81. The largest absolute Gasteiger partial charge is 0.447 e. The van der Waals surface area contributed by atoms with Gasteiger partial charge in [-0.3, -0.25) is 28.8 Å². The molecule has 3 aliphatic carbocycles. The molecular formula is C39H64N6O8. The molecule has 4 aliphatic rings. The smallest absolute Gasteiger partial charge is 0.408 e. The van der Waals surface area contributed by atoms with Crippen LogP contribution in [0.1, 0.15) is 138 Å². The Balaban J connectivity index is 1.56. The van der Waals surface area contributed by atoms with Crippen LogP contribution in [0.4, 0.5) is 4.79 Å². The molecule has 14 nitrogen and oxygen atoms in total. The molecule has 3 unspecified atom stereocenters. The zero-order valence-corrected chi connectivity index (χ0v) is 32.9. The van der Waals surface area contributed by atoms with Crippen LogP contribution in [-0.2, 0) is 33.5 Å². The van der Waals surface area contributed by atoms with Gasteiger partial charge in [-0.1, -0.05) is 66.2 Å². The number of hydrogen-bond acceptors (Lipinski definition) is 8. The summed E-state index contributed by atoms with van der Waals surface area (Å²) in [6.45, 7) is 12.4. The van der Waals surface area contributed by atoms with Crippen molar-refractivity contribution in [2.45, 2.75) is 187 Å². The molecule has 0 bridgehead atoms. The van der Waals surface area contributed by atoms with E-state index in [1.165, 1.54) is 6.92 Å². The van der Waals surface area contributed by atoms with Crippen molar-refractivity contribution < 1.29 is 38.3 Å². The van der Waals surface area contributed by atoms with Gasteiger partial charge in [0.15, 0.2) is 0 Å². The van der Waals surface area contributed by atoms with E-state index in [2.05, 4.69) is 26.6 Å². The number of Topliss-reactive ketones (excluding diaryl/α,β-unsaturated/α-hetero) is 1. The minimum atomic E-state index is -1.04. The van der Waals surface area contributed by atoms with Gasteiger partial charge in [-0.15, -0.1) is 0 Å². The van der Waals surface area contributed by atoms with Gasteiger partial charge in [0.2, 0.25) is 29.4 Å². The highest BCUT2D eigenvalue weighted by Gasteiger charge is 2.51. The van der Waals surface area contributed by atoms with Gasteiger partial charge in [0, 0.05) is 12.1 Å². The predicted octanol–water partition coefficient (Wildman–Crippen LogP) is 3.40. The highest BCUT2D eigenvalue weighted by Crippen LogP contribution is 2.41. The fraction of sp³-hybridized carbons (Fsp3) is 0.821. The molecule has 4 fully saturated rings. The van der Waals surface area contributed by atoms with Crippen molar-refractivity contribution >= 4 is 41.4 Å². The Bertz CT molecular complexity index is 1350. The summed E-state index contributed by atoms with van der Waals surface area (Å²) in [5.41, 5.74) is -0.779. The van der Waals surface area contributed by atoms with E-state index in [1.54, 1.807) is 18.7 Å². The van der Waals surface area contributed by atoms with Crippen LogP contribution in [0.5, 0.6) is 0 Å². The lowest BCUT2D eigenvalue weighted by Gasteiger charge is -2.40. The lowest BCUT2D eigenvalue weighted by Crippen LogP contribution is -2.63. The van der Waals surface area contributed by atoms with Crippen LogP contribution in [0.25, 0.3) is 0 Å². The maximum atomic E-state index is 14.9. The van der Waals surface area contributed by atoms with Gasteiger partial charge in [-0.2, -0.15) is 0 Å². The van der Waals surface area contributed by atoms with Gasteiger partial charge in [-0.25, -0.2) is 4.79 Å². The van der Waals surface area contributed by atoms with Gasteiger partial charge in [0.05, 0.1) is 12.1 Å². The van der Waals surface area contributed by atoms with Crippen LogP contribution in [0.15, 0.2) is 0 Å². The monoisotopic (exact) mass is 744 g/mol. The van der Waals surface area contributed by atoms with E-state index in [0.717, 1.165) is 70.6 Å². The van der Waals surface area contributed by atoms with E-state index in [4.69, 9.17) is 4.74 Å². The SMILES string of the molecule is CCCC(NC(=O)[C@@H]1CC2CCCCC2N1C(=O)[C@@H](NC(=O)[C@@H](NC(=O)[C@H](C)NC(=O)OC(C)C)C1CCCCC1)C(C)(C)C)C(=O)C(=O)NC1CC1. The summed E-state index contributed by atoms with van der Waals surface area (Å²) in [4.78, 5) is 96.4. The topological polar surface area (TPSA) is 192 Å². The first-order chi connectivity index (χ1) is 25.0. The zero-order valence-electron chi connectivity index (χ0n) is 32.9. The molecule has 0 aromatic rings. The Morgan fingerprint density at radius 1 is 0.774 bits per heavy atom. The third-order valence-corrected chi connectivity index (χ3v) is 11.2. The average molecular weight is 745 g/mol. The quantitative estimate of drug-likeness (QED) is 0.158. The van der Waals surface area contributed by atoms with Crippen molar-refractivity contribution in [1.82, 2.24) is 31.5 Å². The molecule has 1 saturated heterocycles. The summed E-state index contributed by atoms with van der Waals surface area (Å²) >= 11 is 0. The number of alkyl carbamates (subject to hydrolysis) is 1. The van der Waals surface area contributed by atoms with E-state index in [1.807, 2.05) is 27.7 Å². The minimum absolute atomic E-state index is 0.000319. The van der Waals surface area contributed by atoms with Gasteiger partial charge in [0.1, 0.15) is 24.2 Å². The predicted molar refractivity (Wildman–Crippen MR) is 198 cm³/mol. The molecule has 6 amide bonds. The molecule has 4 rings (SSSR count). The summed E-state index contributed by atoms with van der Waals surface area (Å²) in [7, 11) is 0. The number of fused-ring (bicyclic) bond motifs is 1. The third kappa shape index (κ3) is 11.4. The highest BCUT2D eigenvalue weighted by molar-refractivity contribution is 6.38. The molecule has 1 heterocycles. The van der Waals surface area contributed by atoms with Crippen molar-refractivity contribution in [3.8, 4) is 0 Å². The van der Waals surface area contributed by atoms with Crippen molar-refractivity contribution in [1.29, 1.82) is 0 Å². The Morgan fingerprint density at radius 2 is 1.42 bits per heavy atom. The van der Waals surface area contributed by atoms with Crippen molar-refractivity contribution in [3.05, 3.63) is 0 Å². The standard InChI is InChI=1S/C39H64N6O8/c1-8-14-27(31(46)36(50)41-26-19-20-26)42-34(48)29-21-25-17-12-13-18-28(25)45(29)37(51)32(39(5,6)7)44-35(49)30(24-15-10-9-11-16-24)43-33(47)23(4)40-38(52)53-22(2)3/h22-30,32H,8-21H2,1-7H3,(H,40,52)(H,41,50)(H,42,48)(H,43,47)(H,44,49)/t23-,25?,27?,28?,29-,30-,32+/m0/s1. The summed E-state index contributed by atoms with van der Waals surface area (Å²) in [6, 6.07) is -5.06. The van der Waals surface area contributed by atoms with Crippen LogP contribution < -0.4 is 26.6 Å². The lowest BCUT2D eigenvalue weighted by molar-refractivity contribution is -0.147. The molecule has 298 valence electrons. The van der Waals surface area contributed by atoms with E-state index >= 15 is 0 Å². The molecule has 5 N–H and O–H groups in total. The third-order valence-electron chi connectivity index (χ3n) is 11.2. The zero-order chi connectivity index (χ0) is 39.0. The van der Waals surface area contributed by atoms with Crippen LogP contribution in [0, 0.1) is 17.3 Å². The van der Waals surface area contributed by atoms with Crippen molar-refractivity contribution in [2.24, 2.45) is 17.3 Å². The Labute approximate surface area is 314 Å². The average Bonchev–Trinajstić information content (AvgIpc) is 3.83. The number of amides is 6. The maximum Gasteiger partial charge on any atom is 0.408 e. The number of nitrogens with one attached hydrogen (secondary N) is 5. The number of likely N-dealkylation sites (tertiary alicyclic amines) is 1. The molecule has 0 aromatic heterocycles. The van der Waals surface area contributed by atoms with Crippen molar-refractivity contribution in [3.63, 3.8) is 0 Å². The van der Waals surface area contributed by atoms with Gasteiger partial charge < -0.3 is 36.2 Å². The summed E-state index contributed by atoms with van der Waals surface area (Å²) in [5.74, 6) is -3.36. The van der Waals surface area contributed by atoms with Crippen LogP contribution >= 0.6 is 0 Å². The summed E-state index contributed by atoms with van der Waals surface area (Å²) in [5, 5.41) is 14.0. The van der Waals surface area contributed by atoms with Crippen LogP contribution in [0.2, 0.25) is 0 Å². The van der Waals surface area contributed by atoms with E-state index < -0.39 is 71.1 Å². The molecule has 0 spiro atoms.